The van der Waals surface area contributed by atoms with E-state index in [0.29, 0.717) is 0 Å². The van der Waals surface area contributed by atoms with Crippen molar-refractivity contribution in [3.63, 3.8) is 0 Å². The second kappa shape index (κ2) is 6.48. The molecule has 0 aliphatic carbocycles. The van der Waals surface area contributed by atoms with E-state index in [0.717, 1.165) is 10.5 Å². The minimum atomic E-state index is -0.789. The summed E-state index contributed by atoms with van der Waals surface area (Å²) in [6.07, 6.45) is -1.90. The van der Waals surface area contributed by atoms with Crippen LogP contribution in [-0.2, 0) is 9.53 Å². The molecule has 1 N–H and O–H groups in total. The number of ether oxygens (including phenoxy) is 1. The molecule has 1 aliphatic heterocycles. The summed E-state index contributed by atoms with van der Waals surface area (Å²) in [5.74, 6) is -1.10. The fraction of sp³-hybridized carbons (Fsp3) is 0.529. The molecule has 0 radical (unpaired) electrons. The Bertz CT molecular complexity index is 543. The van der Waals surface area contributed by atoms with Crippen molar-refractivity contribution in [3.05, 3.63) is 35.9 Å². The van der Waals surface area contributed by atoms with Gasteiger partial charge in [0, 0.05) is 0 Å². The third kappa shape index (κ3) is 2.99. The van der Waals surface area contributed by atoms with E-state index in [1.165, 1.54) is 0 Å². The number of aliphatic hydroxyl groups excluding tert-OH is 1. The Labute approximate surface area is 130 Å². The highest BCUT2D eigenvalue weighted by Gasteiger charge is 2.45. The van der Waals surface area contributed by atoms with Gasteiger partial charge in [0.15, 0.2) is 0 Å². The summed E-state index contributed by atoms with van der Waals surface area (Å²) >= 11 is 0. The number of benzene rings is 1. The molecule has 1 aromatic rings. The molecule has 22 heavy (non-hydrogen) atoms. The summed E-state index contributed by atoms with van der Waals surface area (Å²) in [4.78, 5) is 25.8. The summed E-state index contributed by atoms with van der Waals surface area (Å²) in [7, 11) is 0. The maximum Gasteiger partial charge on any atom is 0.417 e. The molecule has 1 heterocycles. The number of carbonyl (C=O) groups is 2. The minimum absolute atomic E-state index is 0.0576. The van der Waals surface area contributed by atoms with Crippen molar-refractivity contribution < 1.29 is 19.4 Å². The summed E-state index contributed by atoms with van der Waals surface area (Å²) in [6, 6.07) is 8.96. The van der Waals surface area contributed by atoms with Gasteiger partial charge in [0.25, 0.3) is 0 Å². The first-order chi connectivity index (χ1) is 10.3. The molecule has 0 saturated carbocycles. The Morgan fingerprint density at radius 3 is 2.36 bits per heavy atom. The zero-order chi connectivity index (χ0) is 16.4. The fourth-order valence-electron chi connectivity index (χ4n) is 2.79. The van der Waals surface area contributed by atoms with Crippen LogP contribution in [0.5, 0.6) is 0 Å². The predicted molar refractivity (Wildman–Crippen MR) is 82.0 cm³/mol. The van der Waals surface area contributed by atoms with Gasteiger partial charge < -0.3 is 9.84 Å². The van der Waals surface area contributed by atoms with Crippen molar-refractivity contribution in [1.29, 1.82) is 0 Å². The van der Waals surface area contributed by atoms with E-state index in [1.54, 1.807) is 13.8 Å². The largest absolute Gasteiger partial charge is 0.439 e. The summed E-state index contributed by atoms with van der Waals surface area (Å²) < 4.78 is 5.37. The van der Waals surface area contributed by atoms with Gasteiger partial charge in [-0.25, -0.2) is 9.69 Å². The highest BCUT2D eigenvalue weighted by Crippen LogP contribution is 2.33. The van der Waals surface area contributed by atoms with Crippen LogP contribution >= 0.6 is 0 Å². The van der Waals surface area contributed by atoms with E-state index in [-0.39, 0.29) is 5.92 Å². The number of hydrogen-bond acceptors (Lipinski definition) is 4. The smallest absolute Gasteiger partial charge is 0.417 e. The number of imide groups is 1. The van der Waals surface area contributed by atoms with Gasteiger partial charge in [-0.15, -0.1) is 0 Å². The van der Waals surface area contributed by atoms with Gasteiger partial charge >= 0.3 is 6.09 Å². The Balaban J connectivity index is 2.19. The van der Waals surface area contributed by atoms with Crippen molar-refractivity contribution in [2.75, 3.05) is 0 Å². The van der Waals surface area contributed by atoms with Gasteiger partial charge in [0.05, 0.1) is 18.1 Å². The van der Waals surface area contributed by atoms with Crippen molar-refractivity contribution in [1.82, 2.24) is 4.90 Å². The van der Waals surface area contributed by atoms with E-state index in [4.69, 9.17) is 4.74 Å². The van der Waals surface area contributed by atoms with E-state index in [2.05, 4.69) is 0 Å². The Hall–Kier alpha value is -1.88. The van der Waals surface area contributed by atoms with Gasteiger partial charge in [-0.1, -0.05) is 51.1 Å². The molecular formula is C17H23NO4. The molecule has 5 nitrogen and oxygen atoms in total. The highest BCUT2D eigenvalue weighted by atomic mass is 16.6. The summed E-state index contributed by atoms with van der Waals surface area (Å²) in [5.41, 5.74) is 0.857. The fourth-order valence-corrected chi connectivity index (χ4v) is 2.79. The normalized spacial score (nSPS) is 24.3. The number of carbonyl (C=O) groups excluding carboxylic acids is 2. The van der Waals surface area contributed by atoms with Gasteiger partial charge in [-0.05, 0) is 18.4 Å². The molecule has 120 valence electrons. The van der Waals surface area contributed by atoms with E-state index >= 15 is 0 Å². The second-order valence-electron chi connectivity index (χ2n) is 6.19. The van der Waals surface area contributed by atoms with Gasteiger partial charge in [0.2, 0.25) is 5.91 Å². The Kier molecular flexibility index (Phi) is 4.86. The van der Waals surface area contributed by atoms with Crippen molar-refractivity contribution >= 4 is 12.0 Å². The lowest BCUT2D eigenvalue weighted by Gasteiger charge is -2.26. The third-order valence-electron chi connectivity index (χ3n) is 4.22. The first-order valence-corrected chi connectivity index (χ1v) is 7.61. The molecule has 1 fully saturated rings. The molecule has 2 amide bonds. The lowest BCUT2D eigenvalue weighted by molar-refractivity contribution is -0.137. The van der Waals surface area contributed by atoms with Crippen molar-refractivity contribution in [2.45, 2.75) is 45.9 Å². The lowest BCUT2D eigenvalue weighted by Crippen LogP contribution is -2.45. The molecule has 1 aromatic carbocycles. The van der Waals surface area contributed by atoms with Crippen molar-refractivity contribution in [2.24, 2.45) is 11.8 Å². The van der Waals surface area contributed by atoms with Crippen LogP contribution in [0.4, 0.5) is 4.79 Å². The van der Waals surface area contributed by atoms with Crippen molar-refractivity contribution in [3.8, 4) is 0 Å². The zero-order valence-corrected chi connectivity index (χ0v) is 13.4. The Morgan fingerprint density at radius 1 is 1.23 bits per heavy atom. The summed E-state index contributed by atoms with van der Waals surface area (Å²) in [5, 5.41) is 10.1. The molecule has 0 spiro atoms. The standard InChI is InChI=1S/C17H23NO4/c1-10(2)14(19)11(3)16(20)18-12(4)15(22-17(18)21)13-8-6-5-7-9-13/h5-12,14-15,19H,1-4H3/t11-,12+,14+,15+/m1/s1. The molecule has 1 saturated heterocycles. The van der Waals surface area contributed by atoms with Crippen LogP contribution in [-0.4, -0.2) is 34.2 Å². The average molecular weight is 305 g/mol. The van der Waals surface area contributed by atoms with Gasteiger partial charge in [-0.3, -0.25) is 4.79 Å². The monoisotopic (exact) mass is 305 g/mol. The highest BCUT2D eigenvalue weighted by molar-refractivity contribution is 5.95. The SMILES string of the molecule is CC(C)[C@H](O)[C@@H](C)C(=O)N1C(=O)O[C@H](c2ccccc2)[C@@H]1C. The van der Waals surface area contributed by atoms with Crippen LogP contribution in [0.15, 0.2) is 30.3 Å². The first-order valence-electron chi connectivity index (χ1n) is 7.61. The molecule has 2 rings (SSSR count). The first kappa shape index (κ1) is 16.5. The quantitative estimate of drug-likeness (QED) is 0.929. The molecule has 1 aliphatic rings. The summed E-state index contributed by atoms with van der Waals surface area (Å²) in [6.45, 7) is 7.11. The number of hydrogen-bond donors (Lipinski definition) is 1. The number of cyclic esters (lactones) is 1. The molecule has 0 unspecified atom stereocenters. The average Bonchev–Trinajstić information content (AvgIpc) is 2.80. The van der Waals surface area contributed by atoms with Crippen LogP contribution in [0.25, 0.3) is 0 Å². The number of amides is 2. The van der Waals surface area contributed by atoms with Crippen LogP contribution < -0.4 is 0 Å². The van der Waals surface area contributed by atoms with E-state index in [9.17, 15) is 14.7 Å². The minimum Gasteiger partial charge on any atom is -0.439 e. The molecule has 4 atom stereocenters. The predicted octanol–water partition coefficient (Wildman–Crippen LogP) is 2.75. The number of aliphatic hydroxyl groups is 1. The zero-order valence-electron chi connectivity index (χ0n) is 13.4. The maximum absolute atomic E-state index is 12.6. The number of rotatable bonds is 4. The molecule has 0 bridgehead atoms. The van der Waals surface area contributed by atoms with Crippen LogP contribution in [0.1, 0.15) is 39.4 Å². The van der Waals surface area contributed by atoms with Crippen LogP contribution in [0, 0.1) is 11.8 Å². The molecular weight excluding hydrogens is 282 g/mol. The molecule has 5 heteroatoms. The Morgan fingerprint density at radius 2 is 1.82 bits per heavy atom. The number of nitrogens with zero attached hydrogens (tertiary/aromatic N) is 1. The van der Waals surface area contributed by atoms with E-state index < -0.39 is 36.2 Å². The third-order valence-corrected chi connectivity index (χ3v) is 4.22. The maximum atomic E-state index is 12.6. The topological polar surface area (TPSA) is 66.8 Å². The lowest BCUT2D eigenvalue weighted by atomic mass is 9.93. The van der Waals surface area contributed by atoms with Crippen LogP contribution in [0.2, 0.25) is 0 Å². The van der Waals surface area contributed by atoms with Gasteiger partial charge in [-0.2, -0.15) is 0 Å². The van der Waals surface area contributed by atoms with Crippen LogP contribution in [0.3, 0.4) is 0 Å². The van der Waals surface area contributed by atoms with E-state index in [1.807, 2.05) is 44.2 Å². The second-order valence-corrected chi connectivity index (χ2v) is 6.19. The van der Waals surface area contributed by atoms with Gasteiger partial charge in [0.1, 0.15) is 6.10 Å². The molecule has 0 aromatic heterocycles.